The normalized spacial score (nSPS) is 11.8. The monoisotopic (exact) mass is 273 g/mol. The summed E-state index contributed by atoms with van der Waals surface area (Å²) >= 11 is 0. The predicted molar refractivity (Wildman–Crippen MR) is 69.9 cm³/mol. The second-order valence-corrected chi connectivity index (χ2v) is 5.84. The lowest BCUT2D eigenvalue weighted by atomic mass is 10.4. The lowest BCUT2D eigenvalue weighted by Gasteiger charge is -2.18. The first kappa shape index (κ1) is 14.9. The Labute approximate surface area is 108 Å². The highest BCUT2D eigenvalue weighted by Gasteiger charge is 2.23. The molecule has 0 radical (unpaired) electrons. The van der Waals surface area contributed by atoms with E-state index in [1.165, 1.54) is 13.1 Å². The third-order valence-corrected chi connectivity index (χ3v) is 4.30. The first-order valence-electron chi connectivity index (χ1n) is 5.80. The lowest BCUT2D eigenvalue weighted by molar-refractivity contribution is 0.266. The molecular weight excluding hydrogens is 254 g/mol. The zero-order valence-corrected chi connectivity index (χ0v) is 11.4. The van der Waals surface area contributed by atoms with Crippen LogP contribution in [0.25, 0.3) is 0 Å². The maximum atomic E-state index is 12.2. The second-order valence-electron chi connectivity index (χ2n) is 3.83. The molecule has 0 bridgehead atoms. The molecule has 1 rings (SSSR count). The molecule has 0 aliphatic rings. The number of nitrogens with zero attached hydrogens (tertiary/aromatic N) is 2. The van der Waals surface area contributed by atoms with Crippen LogP contribution in [0.2, 0.25) is 0 Å². The van der Waals surface area contributed by atoms with E-state index in [0.717, 1.165) is 10.7 Å². The lowest BCUT2D eigenvalue weighted by Crippen LogP contribution is -2.30. The molecule has 0 aliphatic heterocycles. The topological polar surface area (TPSA) is 82.5 Å². The van der Waals surface area contributed by atoms with Crippen LogP contribution in [0, 0.1) is 0 Å². The van der Waals surface area contributed by atoms with Crippen molar-refractivity contribution in [2.75, 3.05) is 32.1 Å². The standard InChI is InChI=1S/C11H19N3O3S/c1-3-6-12-11-10(5-4-7-13-11)18(16,17)14(2)8-9-15/h4-5,7,15H,3,6,8-9H2,1-2H3,(H,12,13). The number of aliphatic hydroxyl groups is 1. The number of nitrogens with one attached hydrogen (secondary N) is 1. The number of rotatable bonds is 7. The molecule has 0 spiro atoms. The van der Waals surface area contributed by atoms with Gasteiger partial charge < -0.3 is 10.4 Å². The molecule has 0 aliphatic carbocycles. The van der Waals surface area contributed by atoms with Crippen LogP contribution in [0.3, 0.4) is 0 Å². The SMILES string of the molecule is CCCNc1ncccc1S(=O)(=O)N(C)CCO. The smallest absolute Gasteiger partial charge is 0.246 e. The zero-order valence-electron chi connectivity index (χ0n) is 10.6. The van der Waals surface area contributed by atoms with Crippen molar-refractivity contribution in [3.05, 3.63) is 18.3 Å². The van der Waals surface area contributed by atoms with Gasteiger partial charge in [0.25, 0.3) is 0 Å². The summed E-state index contributed by atoms with van der Waals surface area (Å²) in [7, 11) is -2.18. The Kier molecular flexibility index (Phi) is 5.52. The van der Waals surface area contributed by atoms with E-state index in [-0.39, 0.29) is 18.0 Å². The van der Waals surface area contributed by atoms with E-state index >= 15 is 0 Å². The third kappa shape index (κ3) is 3.41. The largest absolute Gasteiger partial charge is 0.395 e. The van der Waals surface area contributed by atoms with Gasteiger partial charge in [-0.25, -0.2) is 13.4 Å². The molecule has 1 heterocycles. The van der Waals surface area contributed by atoms with E-state index in [1.54, 1.807) is 12.3 Å². The summed E-state index contributed by atoms with van der Waals surface area (Å²) in [5.74, 6) is 0.351. The van der Waals surface area contributed by atoms with Crippen molar-refractivity contribution in [2.24, 2.45) is 0 Å². The molecule has 7 heteroatoms. The van der Waals surface area contributed by atoms with Crippen molar-refractivity contribution in [3.8, 4) is 0 Å². The van der Waals surface area contributed by atoms with E-state index < -0.39 is 10.0 Å². The molecule has 1 aromatic rings. The van der Waals surface area contributed by atoms with Crippen LogP contribution in [0.4, 0.5) is 5.82 Å². The zero-order chi connectivity index (χ0) is 13.6. The Hall–Kier alpha value is -1.18. The number of pyridine rings is 1. The summed E-state index contributed by atoms with van der Waals surface area (Å²) in [4.78, 5) is 4.18. The van der Waals surface area contributed by atoms with Gasteiger partial charge in [0.05, 0.1) is 6.61 Å². The molecule has 102 valence electrons. The quantitative estimate of drug-likeness (QED) is 0.756. The van der Waals surface area contributed by atoms with E-state index in [4.69, 9.17) is 5.11 Å². The summed E-state index contributed by atoms with van der Waals surface area (Å²) in [6.07, 6.45) is 2.42. The summed E-state index contributed by atoms with van der Waals surface area (Å²) in [6.45, 7) is 2.49. The average Bonchev–Trinajstić information content (AvgIpc) is 2.37. The van der Waals surface area contributed by atoms with Gasteiger partial charge in [0.2, 0.25) is 10.0 Å². The Morgan fingerprint density at radius 3 is 2.83 bits per heavy atom. The average molecular weight is 273 g/mol. The van der Waals surface area contributed by atoms with E-state index in [0.29, 0.717) is 12.4 Å². The number of likely N-dealkylation sites (N-methyl/N-ethyl adjacent to an activating group) is 1. The summed E-state index contributed by atoms with van der Waals surface area (Å²) in [5.41, 5.74) is 0. The van der Waals surface area contributed by atoms with Gasteiger partial charge >= 0.3 is 0 Å². The number of aliphatic hydroxyl groups excluding tert-OH is 1. The molecular formula is C11H19N3O3S. The maximum absolute atomic E-state index is 12.2. The van der Waals surface area contributed by atoms with Crippen LogP contribution >= 0.6 is 0 Å². The Bertz CT molecular complexity index is 476. The molecule has 1 aromatic heterocycles. The van der Waals surface area contributed by atoms with Crippen molar-refractivity contribution >= 4 is 15.8 Å². The van der Waals surface area contributed by atoms with Gasteiger partial charge in [-0.2, -0.15) is 4.31 Å². The molecule has 18 heavy (non-hydrogen) atoms. The second kappa shape index (κ2) is 6.67. The van der Waals surface area contributed by atoms with E-state index in [2.05, 4.69) is 10.3 Å². The summed E-state index contributed by atoms with van der Waals surface area (Å²) in [6, 6.07) is 3.09. The van der Waals surface area contributed by atoms with Crippen LogP contribution in [0.1, 0.15) is 13.3 Å². The summed E-state index contributed by atoms with van der Waals surface area (Å²) in [5, 5.41) is 11.8. The van der Waals surface area contributed by atoms with Gasteiger partial charge in [0, 0.05) is 26.3 Å². The summed E-state index contributed by atoms with van der Waals surface area (Å²) < 4.78 is 25.6. The molecule has 0 unspecified atom stereocenters. The number of aromatic nitrogens is 1. The fourth-order valence-corrected chi connectivity index (χ4v) is 2.68. The van der Waals surface area contributed by atoms with Gasteiger partial charge in [-0.3, -0.25) is 0 Å². The number of anilines is 1. The highest BCUT2D eigenvalue weighted by molar-refractivity contribution is 7.89. The third-order valence-electron chi connectivity index (χ3n) is 2.42. The maximum Gasteiger partial charge on any atom is 0.246 e. The van der Waals surface area contributed by atoms with E-state index in [9.17, 15) is 8.42 Å². The first-order chi connectivity index (χ1) is 8.54. The van der Waals surface area contributed by atoms with Gasteiger partial charge in [-0.05, 0) is 18.6 Å². The van der Waals surface area contributed by atoms with Crippen molar-refractivity contribution < 1.29 is 13.5 Å². The molecule has 6 nitrogen and oxygen atoms in total. The molecule has 0 fully saturated rings. The van der Waals surface area contributed by atoms with Crippen LogP contribution in [-0.2, 0) is 10.0 Å². The van der Waals surface area contributed by atoms with Gasteiger partial charge in [0.15, 0.2) is 0 Å². The fourth-order valence-electron chi connectivity index (χ4n) is 1.40. The minimum Gasteiger partial charge on any atom is -0.395 e. The van der Waals surface area contributed by atoms with Gasteiger partial charge in [0.1, 0.15) is 10.7 Å². The highest BCUT2D eigenvalue weighted by Crippen LogP contribution is 2.21. The van der Waals surface area contributed by atoms with Crippen LogP contribution in [0.15, 0.2) is 23.2 Å². The Morgan fingerprint density at radius 2 is 2.22 bits per heavy atom. The van der Waals surface area contributed by atoms with Gasteiger partial charge in [-0.15, -0.1) is 0 Å². The molecule has 0 aromatic carbocycles. The Balaban J connectivity index is 3.07. The number of sulfonamides is 1. The molecule has 0 atom stereocenters. The molecule has 0 saturated heterocycles. The van der Waals surface area contributed by atoms with Gasteiger partial charge in [-0.1, -0.05) is 6.92 Å². The van der Waals surface area contributed by atoms with Crippen molar-refractivity contribution in [1.82, 2.24) is 9.29 Å². The number of hydrogen-bond acceptors (Lipinski definition) is 5. The highest BCUT2D eigenvalue weighted by atomic mass is 32.2. The predicted octanol–water partition coefficient (Wildman–Crippen LogP) is 0.516. The minimum atomic E-state index is -3.61. The molecule has 2 N–H and O–H groups in total. The first-order valence-corrected chi connectivity index (χ1v) is 7.24. The van der Waals surface area contributed by atoms with Crippen molar-refractivity contribution in [3.63, 3.8) is 0 Å². The molecule has 0 saturated carbocycles. The van der Waals surface area contributed by atoms with Crippen LogP contribution < -0.4 is 5.32 Å². The van der Waals surface area contributed by atoms with Crippen LogP contribution in [-0.4, -0.2) is 49.6 Å². The fraction of sp³-hybridized carbons (Fsp3) is 0.545. The molecule has 0 amide bonds. The number of hydrogen-bond donors (Lipinski definition) is 2. The minimum absolute atomic E-state index is 0.0600. The van der Waals surface area contributed by atoms with Crippen molar-refractivity contribution in [2.45, 2.75) is 18.2 Å². The van der Waals surface area contributed by atoms with Crippen molar-refractivity contribution in [1.29, 1.82) is 0 Å². The Morgan fingerprint density at radius 1 is 1.50 bits per heavy atom. The van der Waals surface area contributed by atoms with E-state index in [1.807, 2.05) is 6.92 Å². The van der Waals surface area contributed by atoms with Crippen LogP contribution in [0.5, 0.6) is 0 Å².